The van der Waals surface area contributed by atoms with Gasteiger partial charge in [-0.3, -0.25) is 4.79 Å². The first-order chi connectivity index (χ1) is 5.73. The Balaban J connectivity index is 2.13. The van der Waals surface area contributed by atoms with E-state index in [2.05, 4.69) is 5.32 Å². The average Bonchev–Trinajstić information content (AvgIpc) is 2.29. The highest BCUT2D eigenvalue weighted by atomic mass is 16.6. The molecular formula is C9H15NO2. The highest BCUT2D eigenvalue weighted by Crippen LogP contribution is 2.39. The molecule has 68 valence electrons. The molecule has 2 rings (SSSR count). The lowest BCUT2D eigenvalue weighted by Gasteiger charge is -2.29. The molecule has 2 aliphatic rings. The molecule has 1 N–H and O–H groups in total. The van der Waals surface area contributed by atoms with Crippen molar-refractivity contribution in [1.82, 2.24) is 5.32 Å². The van der Waals surface area contributed by atoms with E-state index in [0.717, 1.165) is 32.4 Å². The predicted molar refractivity (Wildman–Crippen MR) is 44.7 cm³/mol. The van der Waals surface area contributed by atoms with E-state index in [4.69, 9.17) is 4.74 Å². The number of ether oxygens (including phenoxy) is 1. The number of hydrogen-bond donors (Lipinski definition) is 1. The van der Waals surface area contributed by atoms with Gasteiger partial charge in [0.05, 0.1) is 5.41 Å². The summed E-state index contributed by atoms with van der Waals surface area (Å²) in [7, 11) is 0. The van der Waals surface area contributed by atoms with Crippen LogP contribution in [0, 0.1) is 5.41 Å². The second-order valence-electron chi connectivity index (χ2n) is 3.98. The molecular weight excluding hydrogens is 154 g/mol. The van der Waals surface area contributed by atoms with E-state index in [1.165, 1.54) is 0 Å². The zero-order valence-electron chi connectivity index (χ0n) is 7.43. The zero-order valence-corrected chi connectivity index (χ0v) is 7.43. The summed E-state index contributed by atoms with van der Waals surface area (Å²) in [5.41, 5.74) is -0.169. The monoisotopic (exact) mass is 169 g/mol. The molecule has 0 saturated carbocycles. The summed E-state index contributed by atoms with van der Waals surface area (Å²) in [4.78, 5) is 11.5. The smallest absolute Gasteiger partial charge is 0.313 e. The molecule has 0 aromatic carbocycles. The van der Waals surface area contributed by atoms with Gasteiger partial charge in [0, 0.05) is 13.0 Å². The second-order valence-corrected chi connectivity index (χ2v) is 3.98. The van der Waals surface area contributed by atoms with E-state index < -0.39 is 0 Å². The van der Waals surface area contributed by atoms with E-state index in [0.29, 0.717) is 0 Å². The third-order valence-electron chi connectivity index (χ3n) is 2.89. The lowest BCUT2D eigenvalue weighted by Crippen LogP contribution is -2.43. The van der Waals surface area contributed by atoms with Crippen LogP contribution in [0.25, 0.3) is 0 Å². The quantitative estimate of drug-likeness (QED) is 0.542. The highest BCUT2D eigenvalue weighted by Gasteiger charge is 2.47. The van der Waals surface area contributed by atoms with E-state index in [1.54, 1.807) is 0 Å². The molecule has 0 bridgehead atoms. The molecule has 2 fully saturated rings. The van der Waals surface area contributed by atoms with Crippen LogP contribution in [0.15, 0.2) is 0 Å². The zero-order chi connectivity index (χ0) is 8.60. The van der Waals surface area contributed by atoms with Crippen molar-refractivity contribution in [1.29, 1.82) is 0 Å². The van der Waals surface area contributed by atoms with E-state index >= 15 is 0 Å². The predicted octanol–water partition coefficient (Wildman–Crippen LogP) is 0.692. The van der Waals surface area contributed by atoms with Crippen molar-refractivity contribution in [3.05, 3.63) is 0 Å². The van der Waals surface area contributed by atoms with Gasteiger partial charge in [0.2, 0.25) is 0 Å². The van der Waals surface area contributed by atoms with Gasteiger partial charge in [0.15, 0.2) is 0 Å². The molecule has 12 heavy (non-hydrogen) atoms. The van der Waals surface area contributed by atoms with E-state index in [9.17, 15) is 4.79 Å². The Morgan fingerprint density at radius 3 is 3.00 bits per heavy atom. The molecule has 1 spiro atoms. The van der Waals surface area contributed by atoms with Crippen LogP contribution in [0.1, 0.15) is 26.2 Å². The largest absolute Gasteiger partial charge is 0.462 e. The molecule has 0 aliphatic carbocycles. The van der Waals surface area contributed by atoms with Crippen molar-refractivity contribution in [2.45, 2.75) is 32.3 Å². The number of hydrogen-bond acceptors (Lipinski definition) is 3. The molecule has 3 nitrogen and oxygen atoms in total. The van der Waals surface area contributed by atoms with Crippen LogP contribution in [-0.4, -0.2) is 25.2 Å². The summed E-state index contributed by atoms with van der Waals surface area (Å²) in [5.74, 6) is 0.0159. The number of esters is 1. The molecule has 0 aromatic heterocycles. The fourth-order valence-electron chi connectivity index (χ4n) is 2.30. The molecule has 3 heteroatoms. The Kier molecular flexibility index (Phi) is 1.83. The van der Waals surface area contributed by atoms with Gasteiger partial charge in [-0.15, -0.1) is 0 Å². The lowest BCUT2D eigenvalue weighted by molar-refractivity contribution is -0.149. The lowest BCUT2D eigenvalue weighted by atomic mass is 9.78. The fraction of sp³-hybridized carbons (Fsp3) is 0.889. The molecule has 2 unspecified atom stereocenters. The van der Waals surface area contributed by atoms with Crippen LogP contribution < -0.4 is 5.32 Å². The van der Waals surface area contributed by atoms with Crippen LogP contribution in [0.4, 0.5) is 0 Å². The molecule has 0 aromatic rings. The number of carbonyl (C=O) groups is 1. The molecule has 2 saturated heterocycles. The summed E-state index contributed by atoms with van der Waals surface area (Å²) in [5, 5.41) is 3.27. The third-order valence-corrected chi connectivity index (χ3v) is 2.89. The highest BCUT2D eigenvalue weighted by molar-refractivity contribution is 5.79. The fourth-order valence-corrected chi connectivity index (χ4v) is 2.30. The van der Waals surface area contributed by atoms with Crippen LogP contribution in [-0.2, 0) is 9.53 Å². The van der Waals surface area contributed by atoms with Gasteiger partial charge >= 0.3 is 5.97 Å². The Labute approximate surface area is 72.5 Å². The maximum atomic E-state index is 11.5. The number of rotatable bonds is 0. The van der Waals surface area contributed by atoms with Crippen LogP contribution in [0.3, 0.4) is 0 Å². The standard InChI is InChI=1S/C9H15NO2/c1-7-5-9(8(11)12-7)3-2-4-10-6-9/h7,10H,2-6H2,1H3. The normalized spacial score (nSPS) is 41.8. The van der Waals surface area contributed by atoms with Crippen molar-refractivity contribution < 1.29 is 9.53 Å². The SMILES string of the molecule is CC1CC2(CCCNC2)C(=O)O1. The van der Waals surface area contributed by atoms with Crippen molar-refractivity contribution in [3.63, 3.8) is 0 Å². The van der Waals surface area contributed by atoms with Gasteiger partial charge in [-0.2, -0.15) is 0 Å². The van der Waals surface area contributed by atoms with Gasteiger partial charge in [0.25, 0.3) is 0 Å². The molecule has 2 aliphatic heterocycles. The summed E-state index contributed by atoms with van der Waals surface area (Å²) in [6.45, 7) is 3.83. The van der Waals surface area contributed by atoms with E-state index in [-0.39, 0.29) is 17.5 Å². The maximum absolute atomic E-state index is 11.5. The molecule has 2 atom stereocenters. The van der Waals surface area contributed by atoms with E-state index in [1.807, 2.05) is 6.92 Å². The van der Waals surface area contributed by atoms with Crippen LogP contribution in [0.5, 0.6) is 0 Å². The minimum atomic E-state index is -0.169. The minimum absolute atomic E-state index is 0.0159. The minimum Gasteiger partial charge on any atom is -0.462 e. The Morgan fingerprint density at radius 2 is 2.50 bits per heavy atom. The number of nitrogens with one attached hydrogen (secondary N) is 1. The molecule has 0 radical (unpaired) electrons. The maximum Gasteiger partial charge on any atom is 0.313 e. The molecule has 0 amide bonds. The molecule has 2 heterocycles. The van der Waals surface area contributed by atoms with Gasteiger partial charge in [-0.1, -0.05) is 0 Å². The first kappa shape index (κ1) is 8.05. The summed E-state index contributed by atoms with van der Waals surface area (Å²) < 4.78 is 5.18. The second kappa shape index (κ2) is 2.73. The van der Waals surface area contributed by atoms with Gasteiger partial charge < -0.3 is 10.1 Å². The topological polar surface area (TPSA) is 38.3 Å². The number of cyclic esters (lactones) is 1. The first-order valence-corrected chi connectivity index (χ1v) is 4.65. The van der Waals surface area contributed by atoms with Crippen molar-refractivity contribution in [3.8, 4) is 0 Å². The Hall–Kier alpha value is -0.570. The van der Waals surface area contributed by atoms with Crippen molar-refractivity contribution >= 4 is 5.97 Å². The first-order valence-electron chi connectivity index (χ1n) is 4.65. The number of carbonyl (C=O) groups excluding carboxylic acids is 1. The third kappa shape index (κ3) is 1.12. The van der Waals surface area contributed by atoms with Crippen LogP contribution >= 0.6 is 0 Å². The van der Waals surface area contributed by atoms with Crippen molar-refractivity contribution in [2.75, 3.05) is 13.1 Å². The summed E-state index contributed by atoms with van der Waals surface area (Å²) >= 11 is 0. The Bertz CT molecular complexity index is 197. The average molecular weight is 169 g/mol. The summed E-state index contributed by atoms with van der Waals surface area (Å²) in [6.07, 6.45) is 3.13. The summed E-state index contributed by atoms with van der Waals surface area (Å²) in [6, 6.07) is 0. The Morgan fingerprint density at radius 1 is 1.67 bits per heavy atom. The van der Waals surface area contributed by atoms with Crippen LogP contribution in [0.2, 0.25) is 0 Å². The van der Waals surface area contributed by atoms with Gasteiger partial charge in [-0.05, 0) is 26.3 Å². The van der Waals surface area contributed by atoms with Crippen molar-refractivity contribution in [2.24, 2.45) is 5.41 Å². The van der Waals surface area contributed by atoms with Gasteiger partial charge in [-0.25, -0.2) is 0 Å². The van der Waals surface area contributed by atoms with Gasteiger partial charge in [0.1, 0.15) is 6.10 Å². The number of piperidine rings is 1.